The van der Waals surface area contributed by atoms with Gasteiger partial charge in [0, 0.05) is 30.2 Å². The van der Waals surface area contributed by atoms with E-state index in [2.05, 4.69) is 17.1 Å². The first kappa shape index (κ1) is 17.6. The van der Waals surface area contributed by atoms with Crippen LogP contribution < -0.4 is 5.32 Å². The molecule has 1 aliphatic carbocycles. The van der Waals surface area contributed by atoms with Crippen molar-refractivity contribution in [3.05, 3.63) is 28.8 Å². The van der Waals surface area contributed by atoms with Crippen molar-refractivity contribution in [3.63, 3.8) is 0 Å². The monoisotopic (exact) mass is 350 g/mol. The van der Waals surface area contributed by atoms with Gasteiger partial charge in [-0.05, 0) is 56.7 Å². The molecule has 1 aromatic rings. The first-order chi connectivity index (χ1) is 11.6. The summed E-state index contributed by atoms with van der Waals surface area (Å²) in [6.07, 6.45) is 7.95. The zero-order valence-electron chi connectivity index (χ0n) is 14.3. The summed E-state index contributed by atoms with van der Waals surface area (Å²) in [5.74, 6) is 0.540. The van der Waals surface area contributed by atoms with E-state index in [4.69, 9.17) is 11.6 Å². The fourth-order valence-electron chi connectivity index (χ4n) is 4.38. The number of rotatable bonds is 4. The van der Waals surface area contributed by atoms with E-state index in [1.54, 1.807) is 6.07 Å². The van der Waals surface area contributed by atoms with Crippen LogP contribution in [0.5, 0.6) is 5.75 Å². The fourth-order valence-corrected chi connectivity index (χ4v) is 4.55. The third-order valence-electron chi connectivity index (χ3n) is 5.68. The molecule has 1 aromatic carbocycles. The van der Waals surface area contributed by atoms with Crippen molar-refractivity contribution in [2.45, 2.75) is 57.5 Å². The Balaban J connectivity index is 1.56. The van der Waals surface area contributed by atoms with Gasteiger partial charge in [0.15, 0.2) is 0 Å². The van der Waals surface area contributed by atoms with E-state index in [0.29, 0.717) is 23.7 Å². The van der Waals surface area contributed by atoms with Gasteiger partial charge in [0.05, 0.1) is 5.56 Å². The molecule has 132 valence electrons. The van der Waals surface area contributed by atoms with Gasteiger partial charge in [0.2, 0.25) is 0 Å². The molecule has 1 saturated carbocycles. The lowest BCUT2D eigenvalue weighted by molar-refractivity contribution is 0.0230. The summed E-state index contributed by atoms with van der Waals surface area (Å²) in [5.41, 5.74) is 0.240. The number of carbonyl (C=O) groups is 1. The molecule has 2 fully saturated rings. The maximum absolute atomic E-state index is 12.3. The van der Waals surface area contributed by atoms with Crippen molar-refractivity contribution >= 4 is 17.5 Å². The quantitative estimate of drug-likeness (QED) is 0.868. The largest absolute Gasteiger partial charge is 0.507 e. The molecule has 2 aliphatic rings. The number of carbonyl (C=O) groups excluding carboxylic acids is 1. The fraction of sp³-hybridized carbons (Fsp3) is 0.632. The lowest BCUT2D eigenvalue weighted by Crippen LogP contribution is -2.53. The molecule has 0 spiro atoms. The third-order valence-corrected chi connectivity index (χ3v) is 5.91. The zero-order valence-corrected chi connectivity index (χ0v) is 15.1. The minimum Gasteiger partial charge on any atom is -0.507 e. The summed E-state index contributed by atoms with van der Waals surface area (Å²) in [4.78, 5) is 14.9. The van der Waals surface area contributed by atoms with Gasteiger partial charge in [-0.2, -0.15) is 0 Å². The first-order valence-corrected chi connectivity index (χ1v) is 9.46. The van der Waals surface area contributed by atoms with Gasteiger partial charge in [0.1, 0.15) is 5.75 Å². The number of piperidine rings is 1. The van der Waals surface area contributed by atoms with Gasteiger partial charge in [0.25, 0.3) is 5.91 Å². The predicted molar refractivity (Wildman–Crippen MR) is 96.6 cm³/mol. The van der Waals surface area contributed by atoms with Gasteiger partial charge in [-0.15, -0.1) is 0 Å². The molecule has 0 aromatic heterocycles. The first-order valence-electron chi connectivity index (χ1n) is 9.08. The highest BCUT2D eigenvalue weighted by atomic mass is 35.5. The lowest BCUT2D eigenvalue weighted by Gasteiger charge is -2.47. The van der Waals surface area contributed by atoms with Crippen LogP contribution in [0.15, 0.2) is 18.2 Å². The Morgan fingerprint density at radius 2 is 2.08 bits per heavy atom. The molecule has 0 bridgehead atoms. The molecule has 5 heteroatoms. The van der Waals surface area contributed by atoms with Crippen LogP contribution in [0.2, 0.25) is 5.02 Å². The van der Waals surface area contributed by atoms with Gasteiger partial charge in [-0.1, -0.05) is 24.4 Å². The molecule has 3 rings (SSSR count). The highest BCUT2D eigenvalue weighted by molar-refractivity contribution is 6.31. The van der Waals surface area contributed by atoms with Crippen LogP contribution in [-0.2, 0) is 0 Å². The standard InChI is InChI=1S/C19H27ClN2O2/c1-13-6-7-14-4-2-3-5-17(14)22(13)11-10-21-19(24)16-12-15(20)8-9-18(16)23/h8-9,12-14,17,23H,2-7,10-11H2,1H3,(H,21,24)/t13-,14+,17+/m1/s1. The number of aromatic hydroxyl groups is 1. The Morgan fingerprint density at radius 1 is 1.29 bits per heavy atom. The summed E-state index contributed by atoms with van der Waals surface area (Å²) in [5, 5.41) is 13.2. The van der Waals surface area contributed by atoms with Crippen molar-refractivity contribution in [2.24, 2.45) is 5.92 Å². The number of nitrogens with zero attached hydrogens (tertiary/aromatic N) is 1. The molecular formula is C19H27ClN2O2. The maximum atomic E-state index is 12.3. The minimum absolute atomic E-state index is 0.0319. The Morgan fingerprint density at radius 3 is 2.92 bits per heavy atom. The smallest absolute Gasteiger partial charge is 0.255 e. The highest BCUT2D eigenvalue weighted by Gasteiger charge is 2.36. The topological polar surface area (TPSA) is 52.6 Å². The molecule has 2 N–H and O–H groups in total. The summed E-state index contributed by atoms with van der Waals surface area (Å²) < 4.78 is 0. The van der Waals surface area contributed by atoms with E-state index in [0.717, 1.165) is 12.5 Å². The maximum Gasteiger partial charge on any atom is 0.255 e. The second-order valence-electron chi connectivity index (χ2n) is 7.19. The van der Waals surface area contributed by atoms with Gasteiger partial charge >= 0.3 is 0 Å². The summed E-state index contributed by atoms with van der Waals surface area (Å²) >= 11 is 5.91. The molecule has 24 heavy (non-hydrogen) atoms. The minimum atomic E-state index is -0.264. The average Bonchev–Trinajstić information content (AvgIpc) is 2.59. The zero-order chi connectivity index (χ0) is 17.1. The number of benzene rings is 1. The van der Waals surface area contributed by atoms with Crippen molar-refractivity contribution in [2.75, 3.05) is 13.1 Å². The van der Waals surface area contributed by atoms with E-state index in [-0.39, 0.29) is 17.2 Å². The SMILES string of the molecule is C[C@@H]1CC[C@@H]2CCCC[C@@H]2N1CCNC(=O)c1cc(Cl)ccc1O. The summed E-state index contributed by atoms with van der Waals surface area (Å²) in [6, 6.07) is 5.80. The van der Waals surface area contributed by atoms with Crippen molar-refractivity contribution in [3.8, 4) is 5.75 Å². The van der Waals surface area contributed by atoms with E-state index in [1.165, 1.54) is 50.7 Å². The molecule has 1 amide bonds. The number of amides is 1. The van der Waals surface area contributed by atoms with Crippen molar-refractivity contribution in [1.29, 1.82) is 0 Å². The second kappa shape index (κ2) is 7.75. The summed E-state index contributed by atoms with van der Waals surface area (Å²) in [7, 11) is 0. The van der Waals surface area contributed by atoms with Crippen LogP contribution in [-0.4, -0.2) is 41.1 Å². The van der Waals surface area contributed by atoms with Crippen molar-refractivity contribution in [1.82, 2.24) is 10.2 Å². The van der Waals surface area contributed by atoms with E-state index >= 15 is 0 Å². The molecule has 0 radical (unpaired) electrons. The van der Waals surface area contributed by atoms with Crippen LogP contribution in [0.3, 0.4) is 0 Å². The van der Waals surface area contributed by atoms with Crippen LogP contribution in [0.4, 0.5) is 0 Å². The summed E-state index contributed by atoms with van der Waals surface area (Å²) in [6.45, 7) is 3.77. The molecule has 1 heterocycles. The molecule has 3 atom stereocenters. The Labute approximate surface area is 149 Å². The second-order valence-corrected chi connectivity index (χ2v) is 7.63. The van der Waals surface area contributed by atoms with Gasteiger partial charge in [-0.3, -0.25) is 9.69 Å². The normalized spacial score (nSPS) is 27.5. The number of nitrogens with one attached hydrogen (secondary N) is 1. The van der Waals surface area contributed by atoms with E-state index in [1.807, 2.05) is 0 Å². The average molecular weight is 351 g/mol. The number of likely N-dealkylation sites (tertiary alicyclic amines) is 1. The predicted octanol–water partition coefficient (Wildman–Crippen LogP) is 3.82. The van der Waals surface area contributed by atoms with Crippen molar-refractivity contribution < 1.29 is 9.90 Å². The number of halogens is 1. The van der Waals surface area contributed by atoms with Gasteiger partial charge < -0.3 is 10.4 Å². The van der Waals surface area contributed by atoms with Crippen LogP contribution in [0, 0.1) is 5.92 Å². The Kier molecular flexibility index (Phi) is 5.67. The number of fused-ring (bicyclic) bond motifs is 1. The molecule has 0 unspecified atom stereocenters. The van der Waals surface area contributed by atoms with E-state index < -0.39 is 0 Å². The van der Waals surface area contributed by atoms with E-state index in [9.17, 15) is 9.90 Å². The molecule has 4 nitrogen and oxygen atoms in total. The van der Waals surface area contributed by atoms with Crippen LogP contribution in [0.25, 0.3) is 0 Å². The Hall–Kier alpha value is -1.26. The lowest BCUT2D eigenvalue weighted by atomic mass is 9.76. The number of hydrogen-bond donors (Lipinski definition) is 2. The number of phenolic OH excluding ortho intramolecular Hbond substituents is 1. The van der Waals surface area contributed by atoms with Gasteiger partial charge in [-0.25, -0.2) is 0 Å². The molecular weight excluding hydrogens is 324 g/mol. The van der Waals surface area contributed by atoms with Crippen LogP contribution >= 0.6 is 11.6 Å². The number of hydrogen-bond acceptors (Lipinski definition) is 3. The Bertz CT molecular complexity index is 593. The molecule has 1 saturated heterocycles. The highest BCUT2D eigenvalue weighted by Crippen LogP contribution is 2.37. The number of phenols is 1. The molecule has 1 aliphatic heterocycles. The third kappa shape index (κ3) is 3.86. The van der Waals surface area contributed by atoms with Crippen LogP contribution in [0.1, 0.15) is 55.8 Å².